The molecular formula is C38H70N4O4. The zero-order valence-electron chi connectivity index (χ0n) is 31.4. The van der Waals surface area contributed by atoms with E-state index in [1.807, 2.05) is 32.6 Å². The Morgan fingerprint density at radius 1 is 0.913 bits per heavy atom. The van der Waals surface area contributed by atoms with Crippen LogP contribution in [0.3, 0.4) is 0 Å². The summed E-state index contributed by atoms with van der Waals surface area (Å²) >= 11 is 0. The van der Waals surface area contributed by atoms with Gasteiger partial charge in [0, 0.05) is 45.7 Å². The smallest absolute Gasteiger partial charge is 0.236 e. The number of carbonyl (C=O) groups is 2. The molecule has 0 aromatic carbocycles. The molecule has 2 rings (SSSR count). The van der Waals surface area contributed by atoms with Crippen molar-refractivity contribution >= 4 is 11.8 Å². The van der Waals surface area contributed by atoms with Gasteiger partial charge in [0.1, 0.15) is 5.76 Å². The lowest BCUT2D eigenvalue weighted by Gasteiger charge is -2.30. The molecule has 0 radical (unpaired) electrons. The molecule has 1 aliphatic heterocycles. The predicted octanol–water partition coefficient (Wildman–Crippen LogP) is 6.82. The zero-order valence-corrected chi connectivity index (χ0v) is 31.4. The van der Waals surface area contributed by atoms with E-state index in [9.17, 15) is 9.59 Å². The van der Waals surface area contributed by atoms with Gasteiger partial charge >= 0.3 is 0 Å². The van der Waals surface area contributed by atoms with Crippen molar-refractivity contribution in [3.8, 4) is 12.8 Å². The van der Waals surface area contributed by atoms with Gasteiger partial charge in [0.2, 0.25) is 11.8 Å². The molecule has 0 spiro atoms. The van der Waals surface area contributed by atoms with E-state index >= 15 is 0 Å². The molecule has 1 saturated carbocycles. The molecule has 266 valence electrons. The molecule has 8 nitrogen and oxygen atoms in total. The molecule has 0 bridgehead atoms. The van der Waals surface area contributed by atoms with Gasteiger partial charge in [0.05, 0.1) is 20.3 Å². The SMILES string of the molecule is C#C.CC.CCCCN(CCCCN(C)C)C(=O)CN1C[C@H](C/C=C(C)\C(OCC2CC2)=C(/C)OC)C[C@@H]1CCN(CC)C(C)=O. The Morgan fingerprint density at radius 3 is 2.09 bits per heavy atom. The van der Waals surface area contributed by atoms with E-state index in [0.29, 0.717) is 24.4 Å². The third kappa shape index (κ3) is 17.4. The van der Waals surface area contributed by atoms with Gasteiger partial charge in [-0.1, -0.05) is 33.3 Å². The molecule has 1 heterocycles. The summed E-state index contributed by atoms with van der Waals surface area (Å²) in [7, 11) is 5.90. The molecule has 8 heteroatoms. The van der Waals surface area contributed by atoms with Gasteiger partial charge in [-0.3, -0.25) is 14.5 Å². The van der Waals surface area contributed by atoms with Crippen LogP contribution in [0.15, 0.2) is 23.2 Å². The second kappa shape index (κ2) is 25.6. The minimum absolute atomic E-state index is 0.121. The minimum Gasteiger partial charge on any atom is -0.498 e. The Labute approximate surface area is 283 Å². The zero-order chi connectivity index (χ0) is 35.1. The van der Waals surface area contributed by atoms with Crippen LogP contribution in [0.1, 0.15) is 106 Å². The van der Waals surface area contributed by atoms with Crippen molar-refractivity contribution in [2.24, 2.45) is 11.8 Å². The Morgan fingerprint density at radius 2 is 1.54 bits per heavy atom. The van der Waals surface area contributed by atoms with Crippen molar-refractivity contribution < 1.29 is 19.1 Å². The third-order valence-corrected chi connectivity index (χ3v) is 8.83. The van der Waals surface area contributed by atoms with E-state index in [-0.39, 0.29) is 11.8 Å². The summed E-state index contributed by atoms with van der Waals surface area (Å²) in [5.41, 5.74) is 1.12. The Hall–Kier alpha value is -2.50. The second-order valence-electron chi connectivity index (χ2n) is 12.8. The highest BCUT2D eigenvalue weighted by Crippen LogP contribution is 2.32. The molecule has 2 atom stereocenters. The fraction of sp³-hybridized carbons (Fsp3) is 0.789. The van der Waals surface area contributed by atoms with E-state index in [4.69, 9.17) is 9.47 Å². The average Bonchev–Trinajstić information content (AvgIpc) is 3.80. The first-order chi connectivity index (χ1) is 22.1. The van der Waals surface area contributed by atoms with Crippen LogP contribution in [-0.4, -0.2) is 111 Å². The molecule has 2 fully saturated rings. The lowest BCUT2D eigenvalue weighted by molar-refractivity contribution is -0.133. The summed E-state index contributed by atoms with van der Waals surface area (Å²) in [6.07, 6.45) is 19.9. The standard InChI is InChI=1S/C34H62N4O4.C2H6.C2H2/c1-9-11-20-37(21-13-12-19-35(6)7)33(40)25-38-24-31(23-32(38)18-22-36(10-2)29(5)39)15-14-27(3)34(28(4)41-8)42-26-30-16-17-30;2*1-2/h14,30-32H,9-13,15-26H2,1-8H3;1-2H3;1-2H/b27-14-,34-28-;;/t31-,32+;;/m1../s1. The van der Waals surface area contributed by atoms with Gasteiger partial charge in [-0.05, 0) is 110 Å². The number of unbranched alkanes of at least 4 members (excludes halogenated alkanes) is 2. The lowest BCUT2D eigenvalue weighted by Crippen LogP contribution is -2.44. The third-order valence-electron chi connectivity index (χ3n) is 8.83. The highest BCUT2D eigenvalue weighted by Gasteiger charge is 2.34. The summed E-state index contributed by atoms with van der Waals surface area (Å²) in [6, 6.07) is 0.296. The van der Waals surface area contributed by atoms with Crippen molar-refractivity contribution in [1.82, 2.24) is 19.6 Å². The number of carbonyl (C=O) groups excluding carboxylic acids is 2. The van der Waals surface area contributed by atoms with Crippen molar-refractivity contribution in [1.29, 1.82) is 0 Å². The van der Waals surface area contributed by atoms with Gasteiger partial charge < -0.3 is 24.2 Å². The molecule has 2 aliphatic rings. The van der Waals surface area contributed by atoms with Crippen LogP contribution < -0.4 is 0 Å². The van der Waals surface area contributed by atoms with Crippen LogP contribution in [0, 0.1) is 24.7 Å². The van der Waals surface area contributed by atoms with E-state index in [2.05, 4.69) is 61.6 Å². The Bertz CT molecular complexity index is 925. The number of hydrogen-bond acceptors (Lipinski definition) is 6. The number of allylic oxidation sites excluding steroid dienone is 3. The van der Waals surface area contributed by atoms with Crippen LogP contribution >= 0.6 is 0 Å². The monoisotopic (exact) mass is 647 g/mol. The van der Waals surface area contributed by atoms with Gasteiger partial charge in [-0.2, -0.15) is 0 Å². The van der Waals surface area contributed by atoms with E-state index in [1.54, 1.807) is 14.0 Å². The molecule has 1 aliphatic carbocycles. The van der Waals surface area contributed by atoms with Crippen LogP contribution in [-0.2, 0) is 19.1 Å². The largest absolute Gasteiger partial charge is 0.498 e. The number of nitrogens with zero attached hydrogens (tertiary/aromatic N) is 4. The highest BCUT2D eigenvalue weighted by atomic mass is 16.5. The molecule has 46 heavy (non-hydrogen) atoms. The van der Waals surface area contributed by atoms with Crippen molar-refractivity contribution in [2.45, 2.75) is 112 Å². The van der Waals surface area contributed by atoms with Gasteiger partial charge in [-0.25, -0.2) is 0 Å². The fourth-order valence-corrected chi connectivity index (χ4v) is 5.82. The fourth-order valence-electron chi connectivity index (χ4n) is 5.82. The molecule has 1 saturated heterocycles. The van der Waals surface area contributed by atoms with Gasteiger partial charge in [0.15, 0.2) is 5.76 Å². The van der Waals surface area contributed by atoms with Gasteiger partial charge in [-0.15, -0.1) is 12.8 Å². The van der Waals surface area contributed by atoms with E-state index in [1.165, 1.54) is 12.8 Å². The first kappa shape index (κ1) is 43.5. The number of ether oxygens (including phenoxy) is 2. The number of rotatable bonds is 21. The summed E-state index contributed by atoms with van der Waals surface area (Å²) in [6.45, 7) is 20.3. The first-order valence-electron chi connectivity index (χ1n) is 17.9. The van der Waals surface area contributed by atoms with Crippen LogP contribution in [0.2, 0.25) is 0 Å². The summed E-state index contributed by atoms with van der Waals surface area (Å²) in [5.74, 6) is 3.20. The Kier molecular flexibility index (Phi) is 24.2. The molecular weight excluding hydrogens is 576 g/mol. The van der Waals surface area contributed by atoms with E-state index in [0.717, 1.165) is 108 Å². The van der Waals surface area contributed by atoms with Crippen LogP contribution in [0.25, 0.3) is 0 Å². The van der Waals surface area contributed by atoms with Crippen molar-refractivity contribution in [3.05, 3.63) is 23.2 Å². The first-order valence-corrected chi connectivity index (χ1v) is 17.9. The normalized spacial score (nSPS) is 18.5. The number of methoxy groups -OCH3 is 1. The number of terminal acetylenes is 1. The molecule has 0 aromatic heterocycles. The highest BCUT2D eigenvalue weighted by molar-refractivity contribution is 5.78. The molecule has 0 N–H and O–H groups in total. The van der Waals surface area contributed by atoms with Crippen LogP contribution in [0.4, 0.5) is 0 Å². The van der Waals surface area contributed by atoms with Crippen molar-refractivity contribution in [2.75, 3.05) is 73.6 Å². The summed E-state index contributed by atoms with van der Waals surface area (Å²) in [4.78, 5) is 34.4. The van der Waals surface area contributed by atoms with E-state index < -0.39 is 0 Å². The molecule has 0 unspecified atom stereocenters. The number of likely N-dealkylation sites (tertiary alicyclic amines) is 1. The number of hydrogen-bond donors (Lipinski definition) is 0. The summed E-state index contributed by atoms with van der Waals surface area (Å²) in [5, 5.41) is 0. The predicted molar refractivity (Wildman–Crippen MR) is 193 cm³/mol. The topological polar surface area (TPSA) is 65.6 Å². The second-order valence-corrected chi connectivity index (χ2v) is 12.8. The maximum absolute atomic E-state index is 13.6. The maximum atomic E-state index is 13.6. The molecule has 0 aromatic rings. The van der Waals surface area contributed by atoms with Crippen molar-refractivity contribution in [3.63, 3.8) is 0 Å². The maximum Gasteiger partial charge on any atom is 0.236 e. The van der Waals surface area contributed by atoms with Gasteiger partial charge in [0.25, 0.3) is 0 Å². The Balaban J connectivity index is 0.00000486. The minimum atomic E-state index is 0.121. The quantitative estimate of drug-likeness (QED) is 0.0590. The molecule has 2 amide bonds. The number of amides is 2. The van der Waals surface area contributed by atoms with Crippen LogP contribution in [0.5, 0.6) is 0 Å². The summed E-state index contributed by atoms with van der Waals surface area (Å²) < 4.78 is 11.7. The lowest BCUT2D eigenvalue weighted by atomic mass is 9.98. The average molecular weight is 647 g/mol.